The van der Waals surface area contributed by atoms with Crippen LogP contribution in [0.25, 0.3) is 10.8 Å². The minimum atomic E-state index is -0.0830. The zero-order valence-electron chi connectivity index (χ0n) is 14.9. The summed E-state index contributed by atoms with van der Waals surface area (Å²) in [4.78, 5) is 15.1. The molecule has 0 unspecified atom stereocenters. The molecule has 1 aliphatic rings. The van der Waals surface area contributed by atoms with E-state index >= 15 is 0 Å². The Labute approximate surface area is 153 Å². The SMILES string of the molecule is Cc1ccc(C(=O)Nc2ccc(N3CCOCC3)cc2)c2ccccc12. The molecule has 26 heavy (non-hydrogen) atoms. The molecule has 3 aromatic carbocycles. The van der Waals surface area contributed by atoms with E-state index in [1.54, 1.807) is 0 Å². The molecule has 1 fully saturated rings. The molecule has 1 N–H and O–H groups in total. The van der Waals surface area contributed by atoms with E-state index < -0.39 is 0 Å². The molecular formula is C22H22N2O2. The summed E-state index contributed by atoms with van der Waals surface area (Å²) in [6.45, 7) is 5.40. The van der Waals surface area contributed by atoms with Crippen molar-refractivity contribution in [2.75, 3.05) is 36.5 Å². The maximum absolute atomic E-state index is 12.8. The maximum atomic E-state index is 12.8. The van der Waals surface area contributed by atoms with Crippen LogP contribution in [-0.4, -0.2) is 32.2 Å². The summed E-state index contributed by atoms with van der Waals surface area (Å²) in [5.74, 6) is -0.0830. The van der Waals surface area contributed by atoms with Crippen molar-refractivity contribution in [1.29, 1.82) is 0 Å². The monoisotopic (exact) mass is 346 g/mol. The van der Waals surface area contributed by atoms with Crippen LogP contribution in [0.15, 0.2) is 60.7 Å². The van der Waals surface area contributed by atoms with Crippen molar-refractivity contribution in [3.8, 4) is 0 Å². The van der Waals surface area contributed by atoms with E-state index in [0.29, 0.717) is 5.56 Å². The number of morpholine rings is 1. The van der Waals surface area contributed by atoms with Gasteiger partial charge in [-0.25, -0.2) is 0 Å². The van der Waals surface area contributed by atoms with Crippen LogP contribution in [0.3, 0.4) is 0 Å². The average molecular weight is 346 g/mol. The van der Waals surface area contributed by atoms with Gasteiger partial charge in [-0.2, -0.15) is 0 Å². The van der Waals surface area contributed by atoms with E-state index in [1.807, 2.05) is 54.6 Å². The Morgan fingerprint density at radius 2 is 1.62 bits per heavy atom. The molecule has 1 saturated heterocycles. The van der Waals surface area contributed by atoms with E-state index in [2.05, 4.69) is 23.2 Å². The molecule has 4 nitrogen and oxygen atoms in total. The molecule has 0 aliphatic carbocycles. The molecule has 1 heterocycles. The molecule has 0 aromatic heterocycles. The zero-order valence-corrected chi connectivity index (χ0v) is 14.9. The number of rotatable bonds is 3. The highest BCUT2D eigenvalue weighted by atomic mass is 16.5. The fourth-order valence-electron chi connectivity index (χ4n) is 3.42. The first-order chi connectivity index (χ1) is 12.7. The predicted molar refractivity (Wildman–Crippen MR) is 106 cm³/mol. The molecular weight excluding hydrogens is 324 g/mol. The second kappa shape index (κ2) is 7.18. The number of hydrogen-bond donors (Lipinski definition) is 1. The average Bonchev–Trinajstić information content (AvgIpc) is 2.70. The number of nitrogens with zero attached hydrogens (tertiary/aromatic N) is 1. The fourth-order valence-corrected chi connectivity index (χ4v) is 3.42. The lowest BCUT2D eigenvalue weighted by molar-refractivity contribution is 0.102. The Bertz CT molecular complexity index is 929. The van der Waals surface area contributed by atoms with Crippen LogP contribution in [0.5, 0.6) is 0 Å². The molecule has 0 saturated carbocycles. The van der Waals surface area contributed by atoms with Gasteiger partial charge in [-0.3, -0.25) is 4.79 Å². The van der Waals surface area contributed by atoms with Crippen molar-refractivity contribution >= 4 is 28.1 Å². The number of benzene rings is 3. The summed E-state index contributed by atoms with van der Waals surface area (Å²) < 4.78 is 5.39. The molecule has 4 rings (SSSR count). The Morgan fingerprint density at radius 1 is 0.923 bits per heavy atom. The quantitative estimate of drug-likeness (QED) is 0.771. The van der Waals surface area contributed by atoms with Crippen LogP contribution in [0, 0.1) is 6.92 Å². The number of aryl methyl sites for hydroxylation is 1. The highest BCUT2D eigenvalue weighted by molar-refractivity contribution is 6.13. The second-order valence-corrected chi connectivity index (χ2v) is 6.58. The number of ether oxygens (including phenoxy) is 1. The first-order valence-corrected chi connectivity index (χ1v) is 8.95. The largest absolute Gasteiger partial charge is 0.378 e. The summed E-state index contributed by atoms with van der Waals surface area (Å²) >= 11 is 0. The van der Waals surface area contributed by atoms with Gasteiger partial charge in [-0.15, -0.1) is 0 Å². The van der Waals surface area contributed by atoms with Crippen LogP contribution in [0.1, 0.15) is 15.9 Å². The van der Waals surface area contributed by atoms with Gasteiger partial charge in [0.05, 0.1) is 13.2 Å². The summed E-state index contributed by atoms with van der Waals surface area (Å²) in [6.07, 6.45) is 0. The third kappa shape index (κ3) is 3.28. The van der Waals surface area contributed by atoms with Gasteiger partial charge < -0.3 is 15.0 Å². The van der Waals surface area contributed by atoms with Crippen LogP contribution >= 0.6 is 0 Å². The van der Waals surface area contributed by atoms with Crippen molar-refractivity contribution < 1.29 is 9.53 Å². The molecule has 1 aliphatic heterocycles. The molecule has 1 amide bonds. The standard InChI is InChI=1S/C22H22N2O2/c1-16-6-11-21(20-5-3-2-4-19(16)20)22(25)23-17-7-9-18(10-8-17)24-12-14-26-15-13-24/h2-11H,12-15H2,1H3,(H,23,25). The van der Waals surface area contributed by atoms with Gasteiger partial charge >= 0.3 is 0 Å². The number of fused-ring (bicyclic) bond motifs is 1. The number of carbonyl (C=O) groups excluding carboxylic acids is 1. The lowest BCUT2D eigenvalue weighted by Gasteiger charge is -2.28. The number of anilines is 2. The molecule has 0 bridgehead atoms. The van der Waals surface area contributed by atoms with Crippen molar-refractivity contribution in [3.05, 3.63) is 71.8 Å². The number of hydrogen-bond acceptors (Lipinski definition) is 3. The Balaban J connectivity index is 1.54. The number of amides is 1. The number of carbonyl (C=O) groups is 1. The van der Waals surface area contributed by atoms with Crippen LogP contribution in [-0.2, 0) is 4.74 Å². The van der Waals surface area contributed by atoms with Crippen LogP contribution < -0.4 is 10.2 Å². The highest BCUT2D eigenvalue weighted by Crippen LogP contribution is 2.24. The molecule has 3 aromatic rings. The Morgan fingerprint density at radius 3 is 2.35 bits per heavy atom. The maximum Gasteiger partial charge on any atom is 0.256 e. The summed E-state index contributed by atoms with van der Waals surface area (Å²) in [5.41, 5.74) is 3.83. The summed E-state index contributed by atoms with van der Waals surface area (Å²) in [7, 11) is 0. The van der Waals surface area contributed by atoms with Crippen LogP contribution in [0.2, 0.25) is 0 Å². The van der Waals surface area contributed by atoms with Gasteiger partial charge in [0.2, 0.25) is 0 Å². The predicted octanol–water partition coefficient (Wildman–Crippen LogP) is 4.24. The normalized spacial score (nSPS) is 14.4. The van der Waals surface area contributed by atoms with Gasteiger partial charge in [-0.05, 0) is 53.6 Å². The van der Waals surface area contributed by atoms with Gasteiger partial charge in [0.15, 0.2) is 0 Å². The lowest BCUT2D eigenvalue weighted by Crippen LogP contribution is -2.36. The lowest BCUT2D eigenvalue weighted by atomic mass is 10.00. The van der Waals surface area contributed by atoms with Crippen molar-refractivity contribution in [3.63, 3.8) is 0 Å². The topological polar surface area (TPSA) is 41.6 Å². The molecule has 4 heteroatoms. The van der Waals surface area contributed by atoms with Crippen LogP contribution in [0.4, 0.5) is 11.4 Å². The Kier molecular flexibility index (Phi) is 4.59. The van der Waals surface area contributed by atoms with E-state index in [4.69, 9.17) is 4.74 Å². The van der Waals surface area contributed by atoms with Crippen molar-refractivity contribution in [1.82, 2.24) is 0 Å². The van der Waals surface area contributed by atoms with E-state index in [1.165, 1.54) is 5.56 Å². The number of nitrogens with one attached hydrogen (secondary N) is 1. The molecule has 0 spiro atoms. The second-order valence-electron chi connectivity index (χ2n) is 6.58. The van der Waals surface area contributed by atoms with Crippen molar-refractivity contribution in [2.45, 2.75) is 6.92 Å². The highest BCUT2D eigenvalue weighted by Gasteiger charge is 2.13. The summed E-state index contributed by atoms with van der Waals surface area (Å²) in [5, 5.41) is 5.11. The van der Waals surface area contributed by atoms with Gasteiger partial charge in [0, 0.05) is 30.0 Å². The van der Waals surface area contributed by atoms with E-state index in [9.17, 15) is 4.79 Å². The minimum Gasteiger partial charge on any atom is -0.378 e. The minimum absolute atomic E-state index is 0.0830. The third-order valence-corrected chi connectivity index (χ3v) is 4.89. The molecule has 132 valence electrons. The Hall–Kier alpha value is -2.85. The van der Waals surface area contributed by atoms with Gasteiger partial charge in [0.25, 0.3) is 5.91 Å². The van der Waals surface area contributed by atoms with Gasteiger partial charge in [0.1, 0.15) is 0 Å². The van der Waals surface area contributed by atoms with E-state index in [0.717, 1.165) is 48.5 Å². The third-order valence-electron chi connectivity index (χ3n) is 4.89. The zero-order chi connectivity index (χ0) is 17.9. The first-order valence-electron chi connectivity index (χ1n) is 8.95. The summed E-state index contributed by atoms with van der Waals surface area (Å²) in [6, 6.07) is 19.9. The fraction of sp³-hybridized carbons (Fsp3) is 0.227. The van der Waals surface area contributed by atoms with E-state index in [-0.39, 0.29) is 5.91 Å². The molecule has 0 atom stereocenters. The van der Waals surface area contributed by atoms with Gasteiger partial charge in [-0.1, -0.05) is 30.3 Å². The smallest absolute Gasteiger partial charge is 0.256 e. The molecule has 0 radical (unpaired) electrons. The van der Waals surface area contributed by atoms with Crippen molar-refractivity contribution in [2.24, 2.45) is 0 Å². The first kappa shape index (κ1) is 16.6.